The van der Waals surface area contributed by atoms with Gasteiger partial charge >= 0.3 is 6.03 Å². The molecule has 176 valence electrons. The fraction of sp³-hybridized carbons (Fsp3) is 0.440. The molecule has 0 spiro atoms. The van der Waals surface area contributed by atoms with E-state index in [1.807, 2.05) is 6.07 Å². The molecule has 3 N–H and O–H groups in total. The first kappa shape index (κ1) is 23.7. The van der Waals surface area contributed by atoms with Crippen LogP contribution in [-0.4, -0.2) is 48.1 Å². The second-order valence-electron chi connectivity index (χ2n) is 9.26. The van der Waals surface area contributed by atoms with E-state index in [2.05, 4.69) is 45.3 Å². The fourth-order valence-corrected chi connectivity index (χ4v) is 4.96. The molecule has 0 unspecified atom stereocenters. The molecule has 0 aromatic heterocycles. The highest BCUT2D eigenvalue weighted by molar-refractivity contribution is 9.10. The normalized spacial score (nSPS) is 22.4. The maximum atomic E-state index is 13.6. The van der Waals surface area contributed by atoms with Gasteiger partial charge in [-0.05, 0) is 68.1 Å². The highest BCUT2D eigenvalue weighted by atomic mass is 79.9. The van der Waals surface area contributed by atoms with Crippen molar-refractivity contribution < 1.29 is 14.7 Å². The zero-order chi connectivity index (χ0) is 23.6. The van der Waals surface area contributed by atoms with Gasteiger partial charge in [0.05, 0.1) is 5.69 Å². The van der Waals surface area contributed by atoms with Crippen molar-refractivity contribution in [3.05, 3.63) is 58.6 Å². The Morgan fingerprint density at radius 3 is 2.64 bits per heavy atom. The van der Waals surface area contributed by atoms with Crippen LogP contribution in [0.4, 0.5) is 16.2 Å². The second-order valence-corrected chi connectivity index (χ2v) is 10.2. The number of fused-ring (bicyclic) bond motifs is 1. The van der Waals surface area contributed by atoms with Gasteiger partial charge in [-0.3, -0.25) is 9.69 Å². The van der Waals surface area contributed by atoms with Crippen LogP contribution in [0.3, 0.4) is 0 Å². The molecule has 2 aromatic carbocycles. The predicted octanol–water partition coefficient (Wildman–Crippen LogP) is 4.13. The Balaban J connectivity index is 1.57. The van der Waals surface area contributed by atoms with Crippen molar-refractivity contribution in [3.63, 3.8) is 0 Å². The molecule has 0 saturated carbocycles. The third-order valence-electron chi connectivity index (χ3n) is 6.51. The number of likely N-dealkylation sites (tertiary alicyclic amines) is 1. The molecule has 2 atom stereocenters. The molecule has 0 aliphatic carbocycles. The van der Waals surface area contributed by atoms with Crippen LogP contribution in [0.1, 0.15) is 32.3 Å². The molecule has 2 aliphatic heterocycles. The van der Waals surface area contributed by atoms with Gasteiger partial charge in [0.25, 0.3) is 11.6 Å². The molecule has 1 fully saturated rings. The molecule has 2 aromatic rings. The average Bonchev–Trinajstić information content (AvgIpc) is 2.80. The van der Waals surface area contributed by atoms with Gasteiger partial charge in [-0.1, -0.05) is 48.0 Å². The Kier molecular flexibility index (Phi) is 7.07. The molecular formula is C25H31BrN4O3. The number of rotatable bonds is 6. The highest BCUT2D eigenvalue weighted by Crippen LogP contribution is 2.40. The number of carbonyl (C=O) groups excluding carboxylic acids is 2. The number of hydrogen-bond acceptors (Lipinski definition) is 4. The van der Waals surface area contributed by atoms with Crippen molar-refractivity contribution in [1.29, 1.82) is 0 Å². The molecule has 4 rings (SSSR count). The molecule has 1 saturated heterocycles. The van der Waals surface area contributed by atoms with Crippen molar-refractivity contribution in [2.75, 3.05) is 36.4 Å². The van der Waals surface area contributed by atoms with Crippen LogP contribution in [0.5, 0.6) is 0 Å². The molecule has 8 heteroatoms. The Hall–Kier alpha value is -2.42. The summed E-state index contributed by atoms with van der Waals surface area (Å²) in [6.07, 6.45) is 2.40. The average molecular weight is 515 g/mol. The van der Waals surface area contributed by atoms with Crippen LogP contribution >= 0.6 is 15.9 Å². The summed E-state index contributed by atoms with van der Waals surface area (Å²) in [7, 11) is 0. The van der Waals surface area contributed by atoms with E-state index in [1.165, 1.54) is 12.8 Å². The Bertz CT molecular complexity index is 1010. The molecular weight excluding hydrogens is 484 g/mol. The van der Waals surface area contributed by atoms with Crippen LogP contribution in [0.2, 0.25) is 0 Å². The Morgan fingerprint density at radius 2 is 1.94 bits per heavy atom. The number of piperidine rings is 1. The van der Waals surface area contributed by atoms with Crippen molar-refractivity contribution in [2.45, 2.75) is 32.4 Å². The van der Waals surface area contributed by atoms with Crippen LogP contribution in [-0.2, 0) is 10.5 Å². The molecule has 0 bridgehead atoms. The first-order chi connectivity index (χ1) is 15.8. The number of halogens is 1. The first-order valence-corrected chi connectivity index (χ1v) is 12.3. The SMILES string of the molecule is CC1CCN(C[C@H](C)CNC(=O)[C@@]2(O)c3cc(Br)ccc3NC(=O)N2c2ccccc2)CC1. The number of hydrogen-bond donors (Lipinski definition) is 3. The quantitative estimate of drug-likeness (QED) is 0.540. The number of nitrogens with zero attached hydrogens (tertiary/aromatic N) is 2. The lowest BCUT2D eigenvalue weighted by molar-refractivity contribution is -0.140. The monoisotopic (exact) mass is 514 g/mol. The summed E-state index contributed by atoms with van der Waals surface area (Å²) < 4.78 is 0.698. The summed E-state index contributed by atoms with van der Waals surface area (Å²) in [4.78, 5) is 30.1. The summed E-state index contributed by atoms with van der Waals surface area (Å²) in [6, 6.07) is 13.3. The topological polar surface area (TPSA) is 84.9 Å². The summed E-state index contributed by atoms with van der Waals surface area (Å²) in [5.74, 6) is 0.349. The minimum Gasteiger partial charge on any atom is -0.359 e. The highest BCUT2D eigenvalue weighted by Gasteiger charge is 2.52. The van der Waals surface area contributed by atoms with Gasteiger partial charge in [0.15, 0.2) is 0 Å². The predicted molar refractivity (Wildman–Crippen MR) is 133 cm³/mol. The largest absolute Gasteiger partial charge is 0.359 e. The molecule has 3 amide bonds. The van der Waals surface area contributed by atoms with Crippen LogP contribution < -0.4 is 15.5 Å². The molecule has 33 heavy (non-hydrogen) atoms. The third kappa shape index (κ3) is 4.93. The molecule has 2 aliphatic rings. The second kappa shape index (κ2) is 9.83. The van der Waals surface area contributed by atoms with Gasteiger partial charge < -0.3 is 20.6 Å². The Morgan fingerprint density at radius 1 is 1.24 bits per heavy atom. The lowest BCUT2D eigenvalue weighted by Gasteiger charge is -2.43. The van der Waals surface area contributed by atoms with Gasteiger partial charge in [-0.15, -0.1) is 0 Å². The van der Waals surface area contributed by atoms with E-state index in [9.17, 15) is 14.7 Å². The standard InChI is InChI=1S/C25H31BrN4O3/c1-17-10-12-29(13-11-17)16-18(2)15-27-23(31)25(33)21-14-19(26)8-9-22(21)28-24(32)30(25)20-6-4-3-5-7-20/h3-9,14,17-18,33H,10-13,15-16H2,1-2H3,(H,27,31)(H,28,32)/t18-,25+/m1/s1. The zero-order valence-electron chi connectivity index (χ0n) is 19.1. The third-order valence-corrected chi connectivity index (χ3v) is 7.01. The molecule has 7 nitrogen and oxygen atoms in total. The van der Waals surface area contributed by atoms with Crippen molar-refractivity contribution >= 4 is 39.2 Å². The van der Waals surface area contributed by atoms with Crippen LogP contribution in [0.25, 0.3) is 0 Å². The van der Waals surface area contributed by atoms with Gasteiger partial charge in [0.1, 0.15) is 0 Å². The maximum absolute atomic E-state index is 13.6. The number of urea groups is 1. The van der Waals surface area contributed by atoms with Crippen molar-refractivity contribution in [1.82, 2.24) is 10.2 Å². The molecule has 2 heterocycles. The van der Waals surface area contributed by atoms with Crippen LogP contribution in [0, 0.1) is 11.8 Å². The van der Waals surface area contributed by atoms with Gasteiger partial charge in [-0.25, -0.2) is 4.79 Å². The fourth-order valence-electron chi connectivity index (χ4n) is 4.60. The van der Waals surface area contributed by atoms with E-state index in [0.717, 1.165) is 30.5 Å². The van der Waals surface area contributed by atoms with Gasteiger partial charge in [-0.2, -0.15) is 0 Å². The van der Waals surface area contributed by atoms with Gasteiger partial charge in [0, 0.05) is 28.8 Å². The number of anilines is 2. The van der Waals surface area contributed by atoms with E-state index in [0.29, 0.717) is 28.0 Å². The summed E-state index contributed by atoms with van der Waals surface area (Å²) >= 11 is 3.42. The van der Waals surface area contributed by atoms with Crippen molar-refractivity contribution in [3.8, 4) is 0 Å². The minimum absolute atomic E-state index is 0.204. The lowest BCUT2D eigenvalue weighted by atomic mass is 9.94. The Labute approximate surface area is 203 Å². The van der Waals surface area contributed by atoms with E-state index < -0.39 is 17.7 Å². The number of amides is 3. The van der Waals surface area contributed by atoms with E-state index in [1.54, 1.807) is 42.5 Å². The number of carbonyl (C=O) groups is 2. The summed E-state index contributed by atoms with van der Waals surface area (Å²) in [5.41, 5.74) is -1.05. The first-order valence-electron chi connectivity index (χ1n) is 11.5. The van der Waals surface area contributed by atoms with Crippen molar-refractivity contribution in [2.24, 2.45) is 11.8 Å². The smallest absolute Gasteiger partial charge is 0.329 e. The lowest BCUT2D eigenvalue weighted by Crippen LogP contribution is -2.63. The zero-order valence-corrected chi connectivity index (χ0v) is 20.6. The maximum Gasteiger partial charge on any atom is 0.329 e. The van der Waals surface area contributed by atoms with E-state index in [-0.39, 0.29) is 5.92 Å². The number of nitrogens with one attached hydrogen (secondary N) is 2. The number of para-hydroxylation sites is 1. The number of benzene rings is 2. The summed E-state index contributed by atoms with van der Waals surface area (Å²) in [6.45, 7) is 7.82. The van der Waals surface area contributed by atoms with Crippen LogP contribution in [0.15, 0.2) is 53.0 Å². The number of aliphatic hydroxyl groups is 1. The minimum atomic E-state index is -2.19. The summed E-state index contributed by atoms with van der Waals surface area (Å²) in [5, 5.41) is 17.6. The van der Waals surface area contributed by atoms with E-state index >= 15 is 0 Å². The van der Waals surface area contributed by atoms with E-state index in [4.69, 9.17) is 0 Å². The van der Waals surface area contributed by atoms with Gasteiger partial charge in [0.2, 0.25) is 0 Å². The molecule has 0 radical (unpaired) electrons.